The Morgan fingerprint density at radius 3 is 3.00 bits per heavy atom. The summed E-state index contributed by atoms with van der Waals surface area (Å²) in [7, 11) is 0. The van der Waals surface area contributed by atoms with Gasteiger partial charge >= 0.3 is 0 Å². The molecule has 5 nitrogen and oxygen atoms in total. The number of carbonyl (C=O) groups excluding carboxylic acids is 1. The molecule has 6 heteroatoms. The molecule has 2 aromatic heterocycles. The molecule has 0 aliphatic carbocycles. The van der Waals surface area contributed by atoms with E-state index in [9.17, 15) is 4.79 Å². The van der Waals surface area contributed by atoms with Crippen LogP contribution in [0.1, 0.15) is 22.5 Å². The molecular formula is C16H19N4OS. The number of aromatic nitrogens is 1. The largest absolute Gasteiger partial charge is 0.364 e. The van der Waals surface area contributed by atoms with Crippen LogP contribution in [0.25, 0.3) is 0 Å². The van der Waals surface area contributed by atoms with E-state index in [1.807, 2.05) is 6.07 Å². The molecule has 2 aromatic rings. The van der Waals surface area contributed by atoms with Gasteiger partial charge in [0.05, 0.1) is 0 Å². The molecule has 0 atom stereocenters. The Hall–Kier alpha value is -1.92. The average molecular weight is 315 g/mol. The molecule has 115 valence electrons. The second-order valence-electron chi connectivity index (χ2n) is 5.41. The van der Waals surface area contributed by atoms with Gasteiger partial charge in [-0.25, -0.2) is 4.98 Å². The summed E-state index contributed by atoms with van der Waals surface area (Å²) >= 11 is 1.74. The van der Waals surface area contributed by atoms with E-state index in [0.29, 0.717) is 0 Å². The van der Waals surface area contributed by atoms with Crippen LogP contribution >= 0.6 is 11.3 Å². The van der Waals surface area contributed by atoms with Crippen LogP contribution in [0.3, 0.4) is 0 Å². The second-order valence-corrected chi connectivity index (χ2v) is 6.19. The van der Waals surface area contributed by atoms with E-state index >= 15 is 0 Å². The van der Waals surface area contributed by atoms with Gasteiger partial charge in [0.25, 0.3) is 5.91 Å². The van der Waals surface area contributed by atoms with Crippen LogP contribution in [0.2, 0.25) is 0 Å². The number of nitrogens with zero attached hydrogens (tertiary/aromatic N) is 3. The van der Waals surface area contributed by atoms with Crippen molar-refractivity contribution >= 4 is 23.1 Å². The number of anilines is 1. The highest BCUT2D eigenvalue weighted by Crippen LogP contribution is 2.16. The summed E-state index contributed by atoms with van der Waals surface area (Å²) in [5.74, 6) is 0.278. The van der Waals surface area contributed by atoms with Gasteiger partial charge in [0.1, 0.15) is 11.5 Å². The number of amides is 1. The molecule has 1 saturated heterocycles. The maximum atomic E-state index is 11.2. The first-order chi connectivity index (χ1) is 10.7. The van der Waals surface area contributed by atoms with Crippen LogP contribution < -0.4 is 10.6 Å². The third-order valence-electron chi connectivity index (χ3n) is 3.81. The highest BCUT2D eigenvalue weighted by Gasteiger charge is 2.17. The lowest BCUT2D eigenvalue weighted by Gasteiger charge is -2.22. The Bertz CT molecular complexity index is 629. The SMILES string of the molecule is NC(=O)c1[c]ccc(N2CCCN(Cc3ccsc3)CC2)n1. The first kappa shape index (κ1) is 15.0. The number of hydrogen-bond acceptors (Lipinski definition) is 5. The van der Waals surface area contributed by atoms with Crippen molar-refractivity contribution in [3.63, 3.8) is 0 Å². The van der Waals surface area contributed by atoms with E-state index in [2.05, 4.69) is 37.7 Å². The van der Waals surface area contributed by atoms with Crippen molar-refractivity contribution < 1.29 is 4.79 Å². The van der Waals surface area contributed by atoms with Crippen molar-refractivity contribution in [2.75, 3.05) is 31.1 Å². The van der Waals surface area contributed by atoms with Crippen molar-refractivity contribution in [1.29, 1.82) is 0 Å². The van der Waals surface area contributed by atoms with E-state index in [-0.39, 0.29) is 5.69 Å². The molecular weight excluding hydrogens is 296 g/mol. The summed E-state index contributed by atoms with van der Waals surface area (Å²) < 4.78 is 0. The molecule has 0 aromatic carbocycles. The Morgan fingerprint density at radius 1 is 1.32 bits per heavy atom. The fourth-order valence-electron chi connectivity index (χ4n) is 2.68. The van der Waals surface area contributed by atoms with Gasteiger partial charge in [0, 0.05) is 38.8 Å². The Kier molecular flexibility index (Phi) is 4.70. The molecule has 3 rings (SSSR count). The van der Waals surface area contributed by atoms with Crippen LogP contribution in [0.4, 0.5) is 5.82 Å². The van der Waals surface area contributed by atoms with E-state index in [0.717, 1.165) is 45.0 Å². The van der Waals surface area contributed by atoms with Crippen LogP contribution in [0.15, 0.2) is 29.0 Å². The third kappa shape index (κ3) is 3.64. The number of carbonyl (C=O) groups is 1. The van der Waals surface area contributed by atoms with Crippen molar-refractivity contribution in [3.05, 3.63) is 46.3 Å². The summed E-state index contributed by atoms with van der Waals surface area (Å²) in [6, 6.07) is 8.57. The Labute approximate surface area is 134 Å². The lowest BCUT2D eigenvalue weighted by Crippen LogP contribution is -2.31. The fourth-order valence-corrected chi connectivity index (χ4v) is 3.34. The van der Waals surface area contributed by atoms with Gasteiger partial charge in [0.2, 0.25) is 0 Å². The molecule has 0 unspecified atom stereocenters. The van der Waals surface area contributed by atoms with Gasteiger partial charge in [-0.2, -0.15) is 11.3 Å². The number of nitrogens with two attached hydrogens (primary N) is 1. The van der Waals surface area contributed by atoms with Gasteiger partial charge in [-0.3, -0.25) is 9.69 Å². The highest BCUT2D eigenvalue weighted by atomic mass is 32.1. The van der Waals surface area contributed by atoms with Gasteiger partial charge in [-0.05, 0) is 40.9 Å². The van der Waals surface area contributed by atoms with Gasteiger partial charge < -0.3 is 10.6 Å². The molecule has 1 radical (unpaired) electrons. The summed E-state index contributed by atoms with van der Waals surface area (Å²) in [4.78, 5) is 20.2. The van der Waals surface area contributed by atoms with Crippen molar-refractivity contribution in [2.45, 2.75) is 13.0 Å². The first-order valence-corrected chi connectivity index (χ1v) is 8.33. The zero-order chi connectivity index (χ0) is 15.4. The van der Waals surface area contributed by atoms with Crippen LogP contribution in [-0.4, -0.2) is 42.0 Å². The fraction of sp³-hybridized carbons (Fsp3) is 0.375. The predicted octanol–water partition coefficient (Wildman–Crippen LogP) is 1.75. The normalized spacial score (nSPS) is 16.5. The quantitative estimate of drug-likeness (QED) is 0.934. The molecule has 1 fully saturated rings. The number of pyridine rings is 1. The molecule has 0 spiro atoms. The topological polar surface area (TPSA) is 62.5 Å². The molecule has 0 bridgehead atoms. The molecule has 1 amide bonds. The summed E-state index contributed by atoms with van der Waals surface area (Å²) in [6.07, 6.45) is 1.08. The van der Waals surface area contributed by atoms with Crippen LogP contribution in [0, 0.1) is 6.07 Å². The smallest absolute Gasteiger partial charge is 0.268 e. The van der Waals surface area contributed by atoms with E-state index < -0.39 is 5.91 Å². The summed E-state index contributed by atoms with van der Waals surface area (Å²) in [6.45, 7) is 4.91. The average Bonchev–Trinajstić information content (AvgIpc) is 2.92. The van der Waals surface area contributed by atoms with E-state index in [1.165, 1.54) is 5.56 Å². The summed E-state index contributed by atoms with van der Waals surface area (Å²) in [5, 5.41) is 4.32. The van der Waals surface area contributed by atoms with Crippen molar-refractivity contribution in [3.8, 4) is 0 Å². The minimum absolute atomic E-state index is 0.205. The lowest BCUT2D eigenvalue weighted by atomic mass is 10.3. The van der Waals surface area contributed by atoms with Crippen molar-refractivity contribution in [1.82, 2.24) is 9.88 Å². The Morgan fingerprint density at radius 2 is 2.23 bits per heavy atom. The minimum Gasteiger partial charge on any atom is -0.364 e. The lowest BCUT2D eigenvalue weighted by molar-refractivity contribution is 0.0995. The second kappa shape index (κ2) is 6.89. The number of thiophene rings is 1. The van der Waals surface area contributed by atoms with Crippen LogP contribution in [0.5, 0.6) is 0 Å². The monoisotopic (exact) mass is 315 g/mol. The maximum Gasteiger partial charge on any atom is 0.268 e. The predicted molar refractivity (Wildman–Crippen MR) is 88.0 cm³/mol. The van der Waals surface area contributed by atoms with Crippen LogP contribution in [-0.2, 0) is 6.54 Å². The molecule has 2 N–H and O–H groups in total. The van der Waals surface area contributed by atoms with Gasteiger partial charge in [0.15, 0.2) is 0 Å². The third-order valence-corrected chi connectivity index (χ3v) is 4.54. The van der Waals surface area contributed by atoms with E-state index in [4.69, 9.17) is 5.73 Å². The van der Waals surface area contributed by atoms with E-state index in [1.54, 1.807) is 17.4 Å². The standard InChI is InChI=1S/C16H19N4OS/c17-16(21)14-3-1-4-15(18-14)20-7-2-6-19(8-9-20)11-13-5-10-22-12-13/h1,4-5,10,12H,2,6-9,11H2,(H2,17,21). The molecule has 3 heterocycles. The number of hydrogen-bond donors (Lipinski definition) is 1. The molecule has 1 aliphatic heterocycles. The first-order valence-electron chi connectivity index (χ1n) is 7.39. The minimum atomic E-state index is -0.532. The molecule has 0 saturated carbocycles. The van der Waals surface area contributed by atoms with Gasteiger partial charge in [-0.1, -0.05) is 0 Å². The zero-order valence-corrected chi connectivity index (χ0v) is 13.2. The molecule has 1 aliphatic rings. The van der Waals surface area contributed by atoms with Crippen molar-refractivity contribution in [2.24, 2.45) is 5.73 Å². The number of primary amides is 1. The Balaban J connectivity index is 1.65. The van der Waals surface area contributed by atoms with Gasteiger partial charge in [-0.15, -0.1) is 0 Å². The number of rotatable bonds is 4. The zero-order valence-electron chi connectivity index (χ0n) is 12.4. The highest BCUT2D eigenvalue weighted by molar-refractivity contribution is 7.07. The summed E-state index contributed by atoms with van der Waals surface area (Å²) in [5.41, 5.74) is 6.86. The maximum absolute atomic E-state index is 11.2. The molecule has 22 heavy (non-hydrogen) atoms.